The number of amides is 1. The Balaban J connectivity index is 2.07. The van der Waals surface area contributed by atoms with E-state index in [9.17, 15) is 14.9 Å². The van der Waals surface area contributed by atoms with E-state index >= 15 is 0 Å². The van der Waals surface area contributed by atoms with Crippen LogP contribution < -0.4 is 4.90 Å². The van der Waals surface area contributed by atoms with E-state index in [4.69, 9.17) is 0 Å². The Hall–Kier alpha value is -3.29. The average molecular weight is 353 g/mol. The van der Waals surface area contributed by atoms with Crippen molar-refractivity contribution in [2.45, 2.75) is 26.7 Å². The van der Waals surface area contributed by atoms with Crippen molar-refractivity contribution in [3.63, 3.8) is 0 Å². The number of fused-ring (bicyclic) bond motifs is 1. The number of benzene rings is 1. The minimum atomic E-state index is -0.502. The number of anilines is 1. The molecular weight excluding hydrogens is 334 g/mol. The topological polar surface area (TPSA) is 93.6 Å². The first-order valence-corrected chi connectivity index (χ1v) is 8.38. The van der Waals surface area contributed by atoms with Gasteiger partial charge in [0.05, 0.1) is 10.6 Å². The number of unbranched alkanes of at least 4 members (excludes halogenated alkanes) is 1. The van der Waals surface area contributed by atoms with Crippen LogP contribution in [0.1, 0.15) is 26.7 Å². The highest BCUT2D eigenvalue weighted by atomic mass is 16.6. The number of hydrogen-bond donors (Lipinski definition) is 0. The number of rotatable bonds is 6. The molecule has 3 rings (SSSR count). The monoisotopic (exact) mass is 353 g/mol. The second-order valence-corrected chi connectivity index (χ2v) is 5.93. The summed E-state index contributed by atoms with van der Waals surface area (Å²) in [7, 11) is 0. The summed E-state index contributed by atoms with van der Waals surface area (Å²) in [6, 6.07) is 9.25. The molecule has 26 heavy (non-hydrogen) atoms. The molecule has 0 unspecified atom stereocenters. The molecule has 0 saturated heterocycles. The van der Waals surface area contributed by atoms with Crippen molar-refractivity contribution in [1.82, 2.24) is 14.6 Å². The van der Waals surface area contributed by atoms with Crippen LogP contribution in [0.5, 0.6) is 0 Å². The molecule has 2 heterocycles. The summed E-state index contributed by atoms with van der Waals surface area (Å²) in [4.78, 5) is 28.4. The fraction of sp³-hybridized carbons (Fsp3) is 0.278. The third-order valence-corrected chi connectivity index (χ3v) is 4.15. The van der Waals surface area contributed by atoms with E-state index in [2.05, 4.69) is 17.0 Å². The molecule has 2 aromatic heterocycles. The lowest BCUT2D eigenvalue weighted by molar-refractivity contribution is -0.383. The van der Waals surface area contributed by atoms with Gasteiger partial charge in [0.1, 0.15) is 6.20 Å². The fourth-order valence-electron chi connectivity index (χ4n) is 2.84. The Labute approximate surface area is 150 Å². The van der Waals surface area contributed by atoms with Gasteiger partial charge in [-0.25, -0.2) is 9.50 Å². The average Bonchev–Trinajstić information content (AvgIpc) is 3.06. The standard InChI is InChI=1S/C18H19N5O3/c1-3-4-10-21(13(2)24)15-7-5-6-14(11-15)16-8-9-19-18-17(23(25)26)12-20-22(16)18/h5-9,11-12H,3-4,10H2,1-2H3. The maximum absolute atomic E-state index is 12.0. The lowest BCUT2D eigenvalue weighted by Gasteiger charge is -2.21. The van der Waals surface area contributed by atoms with E-state index in [1.54, 1.807) is 17.9 Å². The predicted molar refractivity (Wildman–Crippen MR) is 98.0 cm³/mol. The minimum absolute atomic E-state index is 0.0230. The van der Waals surface area contributed by atoms with Gasteiger partial charge in [0, 0.05) is 30.9 Å². The number of aromatic nitrogens is 3. The van der Waals surface area contributed by atoms with Gasteiger partial charge in [-0.05, 0) is 24.6 Å². The van der Waals surface area contributed by atoms with Crippen molar-refractivity contribution in [2.24, 2.45) is 0 Å². The highest BCUT2D eigenvalue weighted by Crippen LogP contribution is 2.27. The Bertz CT molecular complexity index is 966. The fourth-order valence-corrected chi connectivity index (χ4v) is 2.84. The van der Waals surface area contributed by atoms with Crippen molar-refractivity contribution in [3.05, 3.63) is 52.8 Å². The zero-order valence-electron chi connectivity index (χ0n) is 14.6. The lowest BCUT2D eigenvalue weighted by Crippen LogP contribution is -2.29. The van der Waals surface area contributed by atoms with Gasteiger partial charge in [0.25, 0.3) is 0 Å². The van der Waals surface area contributed by atoms with E-state index in [-0.39, 0.29) is 17.2 Å². The predicted octanol–water partition coefficient (Wildman–Crippen LogP) is 3.46. The summed E-state index contributed by atoms with van der Waals surface area (Å²) < 4.78 is 1.45. The van der Waals surface area contributed by atoms with Crippen LogP contribution in [0.2, 0.25) is 0 Å². The van der Waals surface area contributed by atoms with Crippen LogP contribution in [0, 0.1) is 10.1 Å². The maximum atomic E-state index is 12.0. The molecule has 0 radical (unpaired) electrons. The quantitative estimate of drug-likeness (QED) is 0.500. The first-order valence-electron chi connectivity index (χ1n) is 8.38. The smallest absolute Gasteiger partial charge is 0.313 e. The van der Waals surface area contributed by atoms with Gasteiger partial charge in [-0.3, -0.25) is 14.9 Å². The normalized spacial score (nSPS) is 10.8. The molecular formula is C18H19N5O3. The Morgan fingerprint density at radius 2 is 2.15 bits per heavy atom. The molecule has 0 saturated carbocycles. The van der Waals surface area contributed by atoms with Gasteiger partial charge < -0.3 is 4.90 Å². The van der Waals surface area contributed by atoms with Crippen molar-refractivity contribution < 1.29 is 9.72 Å². The van der Waals surface area contributed by atoms with Crippen LogP contribution in [0.15, 0.2) is 42.7 Å². The van der Waals surface area contributed by atoms with Crippen LogP contribution in [0.25, 0.3) is 16.9 Å². The number of carbonyl (C=O) groups excluding carboxylic acids is 1. The largest absolute Gasteiger partial charge is 0.333 e. The SMILES string of the molecule is CCCCN(C(C)=O)c1cccc(-c2ccnc3c([N+](=O)[O-])cnn23)c1. The highest BCUT2D eigenvalue weighted by molar-refractivity contribution is 5.92. The van der Waals surface area contributed by atoms with Gasteiger partial charge >= 0.3 is 5.69 Å². The van der Waals surface area contributed by atoms with Crippen LogP contribution in [0.4, 0.5) is 11.4 Å². The molecule has 0 N–H and O–H groups in total. The Morgan fingerprint density at radius 1 is 1.35 bits per heavy atom. The van der Waals surface area contributed by atoms with Crippen molar-refractivity contribution >= 4 is 22.9 Å². The molecule has 0 aliphatic carbocycles. The van der Waals surface area contributed by atoms with Crippen LogP contribution >= 0.6 is 0 Å². The molecule has 0 spiro atoms. The van der Waals surface area contributed by atoms with Gasteiger partial charge in [-0.15, -0.1) is 0 Å². The number of carbonyl (C=O) groups is 1. The number of nitro groups is 1. The summed E-state index contributed by atoms with van der Waals surface area (Å²) in [5.74, 6) is -0.0230. The molecule has 8 heteroatoms. The summed E-state index contributed by atoms with van der Waals surface area (Å²) >= 11 is 0. The molecule has 0 atom stereocenters. The van der Waals surface area contributed by atoms with Gasteiger partial charge in [0.2, 0.25) is 11.6 Å². The van der Waals surface area contributed by atoms with Crippen molar-refractivity contribution in [1.29, 1.82) is 0 Å². The van der Waals surface area contributed by atoms with Crippen LogP contribution in [-0.4, -0.2) is 32.0 Å². The second kappa shape index (κ2) is 7.30. The van der Waals surface area contributed by atoms with E-state index in [1.165, 1.54) is 16.9 Å². The second-order valence-electron chi connectivity index (χ2n) is 5.93. The summed E-state index contributed by atoms with van der Waals surface area (Å²) in [6.07, 6.45) is 4.62. The lowest BCUT2D eigenvalue weighted by atomic mass is 10.1. The third kappa shape index (κ3) is 3.26. The zero-order valence-corrected chi connectivity index (χ0v) is 14.6. The third-order valence-electron chi connectivity index (χ3n) is 4.15. The highest BCUT2D eigenvalue weighted by Gasteiger charge is 2.19. The van der Waals surface area contributed by atoms with Crippen LogP contribution in [0.3, 0.4) is 0 Å². The number of nitrogens with zero attached hydrogens (tertiary/aromatic N) is 5. The first kappa shape index (κ1) is 17.5. The molecule has 8 nitrogen and oxygen atoms in total. The van der Waals surface area contributed by atoms with Crippen molar-refractivity contribution in [2.75, 3.05) is 11.4 Å². The molecule has 1 aromatic carbocycles. The van der Waals surface area contributed by atoms with Crippen molar-refractivity contribution in [3.8, 4) is 11.3 Å². The molecule has 0 bridgehead atoms. The van der Waals surface area contributed by atoms with Gasteiger partial charge in [0.15, 0.2) is 0 Å². The molecule has 134 valence electrons. The Kier molecular flexibility index (Phi) is 4.92. The summed E-state index contributed by atoms with van der Waals surface area (Å²) in [5.41, 5.74) is 2.30. The van der Waals surface area contributed by atoms with E-state index < -0.39 is 4.92 Å². The summed E-state index contributed by atoms with van der Waals surface area (Å²) in [5, 5.41) is 15.2. The molecule has 0 fully saturated rings. The van der Waals surface area contributed by atoms with E-state index in [0.717, 1.165) is 24.1 Å². The molecule has 0 aliphatic heterocycles. The minimum Gasteiger partial charge on any atom is -0.313 e. The van der Waals surface area contributed by atoms with Crippen LogP contribution in [-0.2, 0) is 4.79 Å². The zero-order chi connectivity index (χ0) is 18.7. The maximum Gasteiger partial charge on any atom is 0.333 e. The summed E-state index contributed by atoms with van der Waals surface area (Å²) in [6.45, 7) is 4.27. The van der Waals surface area contributed by atoms with Gasteiger partial charge in [-0.2, -0.15) is 5.10 Å². The van der Waals surface area contributed by atoms with Gasteiger partial charge in [-0.1, -0.05) is 25.5 Å². The first-order chi connectivity index (χ1) is 12.5. The van der Waals surface area contributed by atoms with E-state index in [1.807, 2.05) is 24.3 Å². The molecule has 0 aliphatic rings. The molecule has 3 aromatic rings. The molecule has 1 amide bonds. The Morgan fingerprint density at radius 3 is 2.85 bits per heavy atom. The number of hydrogen-bond acceptors (Lipinski definition) is 5. The van der Waals surface area contributed by atoms with E-state index in [0.29, 0.717) is 12.2 Å².